The number of hydrogen-bond acceptors (Lipinski definition) is 5. The van der Waals surface area contributed by atoms with Gasteiger partial charge in [0.1, 0.15) is 5.56 Å². The highest BCUT2D eigenvalue weighted by atomic mass is 79.9. The van der Waals surface area contributed by atoms with Gasteiger partial charge in [0, 0.05) is 16.2 Å². The number of carbonyl (C=O) groups excluding carboxylic acids is 1. The molecule has 7 nitrogen and oxygen atoms in total. The molecule has 0 aliphatic rings. The first-order chi connectivity index (χ1) is 12.2. The molecule has 2 aromatic carbocycles. The van der Waals surface area contributed by atoms with Crippen LogP contribution in [0.15, 0.2) is 34.8 Å². The van der Waals surface area contributed by atoms with Gasteiger partial charge in [0.05, 0.1) is 18.1 Å². The Labute approximate surface area is 155 Å². The van der Waals surface area contributed by atoms with E-state index in [-0.39, 0.29) is 11.3 Å². The number of anilines is 1. The van der Waals surface area contributed by atoms with Crippen molar-refractivity contribution in [3.63, 3.8) is 0 Å². The molecule has 0 spiro atoms. The minimum absolute atomic E-state index is 0.229. The van der Waals surface area contributed by atoms with E-state index in [1.165, 1.54) is 7.11 Å². The lowest BCUT2D eigenvalue weighted by atomic mass is 10.1. The van der Waals surface area contributed by atoms with Gasteiger partial charge >= 0.3 is 6.61 Å². The lowest BCUT2D eigenvalue weighted by Crippen LogP contribution is -2.15. The smallest absolute Gasteiger partial charge is 0.387 e. The van der Waals surface area contributed by atoms with Crippen LogP contribution in [0.5, 0.6) is 11.5 Å². The fourth-order valence-corrected chi connectivity index (χ4v) is 2.40. The highest BCUT2D eigenvalue weighted by Crippen LogP contribution is 2.36. The Morgan fingerprint density at radius 2 is 1.96 bits per heavy atom. The van der Waals surface area contributed by atoms with Crippen molar-refractivity contribution in [3.8, 4) is 11.5 Å². The first-order valence-electron chi connectivity index (χ1n) is 7.11. The number of rotatable bonds is 6. The average molecular weight is 431 g/mol. The molecule has 26 heavy (non-hydrogen) atoms. The summed E-state index contributed by atoms with van der Waals surface area (Å²) < 4.78 is 34.8. The average Bonchev–Trinajstić information content (AvgIpc) is 2.57. The third kappa shape index (κ3) is 4.45. The third-order valence-corrected chi connectivity index (χ3v) is 4.24. The van der Waals surface area contributed by atoms with Gasteiger partial charge in [-0.25, -0.2) is 0 Å². The Morgan fingerprint density at radius 1 is 1.27 bits per heavy atom. The standard InChI is InChI=1S/C16H13BrF2N2O5/c1-8-5-9(3-4-11(8)17)20-15(22)10-6-13(25-2)14(26-16(18)19)7-12(10)21(23)24/h3-7,16H,1-2H3,(H,20,22). The summed E-state index contributed by atoms with van der Waals surface area (Å²) in [6.45, 7) is -1.39. The lowest BCUT2D eigenvalue weighted by Gasteiger charge is -2.12. The number of carbonyl (C=O) groups is 1. The second kappa shape index (κ2) is 8.09. The summed E-state index contributed by atoms with van der Waals surface area (Å²) in [5.41, 5.74) is 0.217. The predicted octanol–water partition coefficient (Wildman–Crippen LogP) is 4.53. The number of halogens is 3. The van der Waals surface area contributed by atoms with Gasteiger partial charge in [0.15, 0.2) is 11.5 Å². The lowest BCUT2D eigenvalue weighted by molar-refractivity contribution is -0.385. The number of alkyl halides is 2. The molecule has 1 N–H and O–H groups in total. The van der Waals surface area contributed by atoms with Crippen LogP contribution >= 0.6 is 15.9 Å². The van der Waals surface area contributed by atoms with Gasteiger partial charge in [0.25, 0.3) is 11.6 Å². The van der Waals surface area contributed by atoms with E-state index >= 15 is 0 Å². The number of amides is 1. The van der Waals surface area contributed by atoms with E-state index in [9.17, 15) is 23.7 Å². The van der Waals surface area contributed by atoms with Gasteiger partial charge in [-0.2, -0.15) is 8.78 Å². The molecule has 0 aromatic heterocycles. The maximum atomic E-state index is 12.5. The van der Waals surface area contributed by atoms with Crippen LogP contribution in [0.25, 0.3) is 0 Å². The zero-order valence-electron chi connectivity index (χ0n) is 13.6. The van der Waals surface area contributed by atoms with Crippen LogP contribution in [0.4, 0.5) is 20.2 Å². The molecule has 1 amide bonds. The molecule has 0 atom stereocenters. The number of nitro benzene ring substituents is 1. The van der Waals surface area contributed by atoms with Gasteiger partial charge in [0.2, 0.25) is 0 Å². The molecule has 0 bridgehead atoms. The molecular weight excluding hydrogens is 418 g/mol. The maximum Gasteiger partial charge on any atom is 0.387 e. The van der Waals surface area contributed by atoms with E-state index < -0.39 is 28.9 Å². The summed E-state index contributed by atoms with van der Waals surface area (Å²) in [4.78, 5) is 22.9. The molecule has 0 saturated heterocycles. The van der Waals surface area contributed by atoms with E-state index in [0.717, 1.165) is 22.2 Å². The van der Waals surface area contributed by atoms with E-state index in [0.29, 0.717) is 5.69 Å². The van der Waals surface area contributed by atoms with Gasteiger partial charge in [-0.15, -0.1) is 0 Å². The summed E-state index contributed by atoms with van der Waals surface area (Å²) in [6, 6.07) is 6.69. The number of ether oxygens (including phenoxy) is 2. The monoisotopic (exact) mass is 430 g/mol. The van der Waals surface area contributed by atoms with Gasteiger partial charge in [-0.1, -0.05) is 15.9 Å². The molecule has 138 valence electrons. The zero-order valence-corrected chi connectivity index (χ0v) is 15.2. The Morgan fingerprint density at radius 3 is 2.50 bits per heavy atom. The van der Waals surface area contributed by atoms with Gasteiger partial charge in [-0.3, -0.25) is 14.9 Å². The van der Waals surface area contributed by atoms with Crippen molar-refractivity contribution < 1.29 is 28.0 Å². The number of benzene rings is 2. The molecular formula is C16H13BrF2N2O5. The minimum atomic E-state index is -3.20. The van der Waals surface area contributed by atoms with Crippen molar-refractivity contribution in [1.29, 1.82) is 0 Å². The molecule has 2 aromatic rings. The molecule has 0 radical (unpaired) electrons. The van der Waals surface area contributed by atoms with Crippen molar-refractivity contribution in [1.82, 2.24) is 0 Å². The summed E-state index contributed by atoms with van der Waals surface area (Å²) in [6.07, 6.45) is 0. The topological polar surface area (TPSA) is 90.7 Å². The molecule has 0 heterocycles. The third-order valence-electron chi connectivity index (χ3n) is 3.36. The van der Waals surface area contributed by atoms with Crippen molar-refractivity contribution in [3.05, 3.63) is 56.0 Å². The second-order valence-corrected chi connectivity index (χ2v) is 5.93. The van der Waals surface area contributed by atoms with Gasteiger partial charge < -0.3 is 14.8 Å². The summed E-state index contributed by atoms with van der Waals surface area (Å²) in [5, 5.41) is 13.8. The van der Waals surface area contributed by atoms with Crippen LogP contribution in [0.2, 0.25) is 0 Å². The van der Waals surface area contributed by atoms with E-state index in [4.69, 9.17) is 4.74 Å². The van der Waals surface area contributed by atoms with Crippen LogP contribution in [0.3, 0.4) is 0 Å². The van der Waals surface area contributed by atoms with Crippen LogP contribution in [0, 0.1) is 17.0 Å². The summed E-state index contributed by atoms with van der Waals surface area (Å²) in [7, 11) is 1.17. The van der Waals surface area contributed by atoms with Crippen molar-refractivity contribution in [2.75, 3.05) is 12.4 Å². The Bertz CT molecular complexity index is 861. The number of methoxy groups -OCH3 is 1. The highest BCUT2D eigenvalue weighted by molar-refractivity contribution is 9.10. The van der Waals surface area contributed by atoms with Crippen molar-refractivity contribution in [2.45, 2.75) is 13.5 Å². The summed E-state index contributed by atoms with van der Waals surface area (Å²) >= 11 is 3.32. The Hall–Kier alpha value is -2.75. The predicted molar refractivity (Wildman–Crippen MR) is 93.1 cm³/mol. The van der Waals surface area contributed by atoms with Crippen LogP contribution in [-0.4, -0.2) is 24.6 Å². The van der Waals surface area contributed by atoms with Crippen LogP contribution < -0.4 is 14.8 Å². The highest BCUT2D eigenvalue weighted by Gasteiger charge is 2.26. The molecule has 0 fully saturated rings. The van der Waals surface area contributed by atoms with Crippen LogP contribution in [-0.2, 0) is 0 Å². The summed E-state index contributed by atoms with van der Waals surface area (Å²) in [5.74, 6) is -1.56. The molecule has 0 aliphatic heterocycles. The first-order valence-corrected chi connectivity index (χ1v) is 7.91. The minimum Gasteiger partial charge on any atom is -0.493 e. The fraction of sp³-hybridized carbons (Fsp3) is 0.188. The molecule has 2 rings (SSSR count). The molecule has 0 unspecified atom stereocenters. The normalized spacial score (nSPS) is 10.5. The number of nitrogens with one attached hydrogen (secondary N) is 1. The van der Waals surface area contributed by atoms with Crippen molar-refractivity contribution >= 4 is 33.2 Å². The quantitative estimate of drug-likeness (QED) is 0.536. The number of nitrogens with zero attached hydrogens (tertiary/aromatic N) is 1. The Kier molecular flexibility index (Phi) is 6.09. The SMILES string of the molecule is COc1cc(C(=O)Nc2ccc(Br)c(C)c2)c([N+](=O)[O-])cc1OC(F)F. The molecule has 0 saturated carbocycles. The maximum absolute atomic E-state index is 12.5. The number of aryl methyl sites for hydroxylation is 1. The van der Waals surface area contributed by atoms with Gasteiger partial charge in [-0.05, 0) is 30.7 Å². The number of nitro groups is 1. The van der Waals surface area contributed by atoms with Crippen molar-refractivity contribution in [2.24, 2.45) is 0 Å². The van der Waals surface area contributed by atoms with E-state index in [2.05, 4.69) is 26.0 Å². The fourth-order valence-electron chi connectivity index (χ4n) is 2.15. The van der Waals surface area contributed by atoms with E-state index in [1.54, 1.807) is 18.2 Å². The molecule has 10 heteroatoms. The largest absolute Gasteiger partial charge is 0.493 e. The number of hydrogen-bond donors (Lipinski definition) is 1. The van der Waals surface area contributed by atoms with Crippen LogP contribution in [0.1, 0.15) is 15.9 Å². The zero-order chi connectivity index (χ0) is 19.4. The molecule has 0 aliphatic carbocycles. The second-order valence-electron chi connectivity index (χ2n) is 5.07. The van der Waals surface area contributed by atoms with E-state index in [1.807, 2.05) is 6.92 Å². The Balaban J connectivity index is 2.44. The first kappa shape index (κ1) is 19.6.